The molecule has 1 aromatic carbocycles. The van der Waals surface area contributed by atoms with Crippen molar-refractivity contribution in [3.05, 3.63) is 36.0 Å². The van der Waals surface area contributed by atoms with Crippen molar-refractivity contribution >= 4 is 22.7 Å². The Labute approximate surface area is 160 Å². The molecule has 1 fully saturated rings. The van der Waals surface area contributed by atoms with E-state index < -0.39 is 0 Å². The Morgan fingerprint density at radius 3 is 2.85 bits per heavy atom. The highest BCUT2D eigenvalue weighted by Gasteiger charge is 2.33. The van der Waals surface area contributed by atoms with Crippen LogP contribution in [0.3, 0.4) is 0 Å². The van der Waals surface area contributed by atoms with Crippen LogP contribution in [0.4, 0.5) is 0 Å². The van der Waals surface area contributed by atoms with Crippen molar-refractivity contribution in [2.75, 3.05) is 26.2 Å². The van der Waals surface area contributed by atoms with Crippen LogP contribution in [-0.2, 0) is 16.0 Å². The first kappa shape index (κ1) is 19.4. The van der Waals surface area contributed by atoms with Gasteiger partial charge in [-0.15, -0.1) is 0 Å². The number of aromatic nitrogens is 1. The zero-order chi connectivity index (χ0) is 19.4. The summed E-state index contributed by atoms with van der Waals surface area (Å²) >= 11 is 0. The number of benzene rings is 1. The van der Waals surface area contributed by atoms with Gasteiger partial charge in [-0.1, -0.05) is 39.0 Å². The second-order valence-corrected chi connectivity index (χ2v) is 8.50. The summed E-state index contributed by atoms with van der Waals surface area (Å²) in [5.74, 6) is -0.118. The summed E-state index contributed by atoms with van der Waals surface area (Å²) in [6.45, 7) is 9.25. The number of aromatic amines is 1. The molecule has 3 N–H and O–H groups in total. The van der Waals surface area contributed by atoms with E-state index in [-0.39, 0.29) is 29.7 Å². The minimum atomic E-state index is -0.383. The number of fused-ring (bicyclic) bond motifs is 1. The molecule has 2 aromatic rings. The second-order valence-electron chi connectivity index (χ2n) is 8.50. The minimum absolute atomic E-state index is 0.0442. The van der Waals surface area contributed by atoms with E-state index in [0.717, 1.165) is 25.0 Å². The predicted octanol–water partition coefficient (Wildman–Crippen LogP) is 2.06. The van der Waals surface area contributed by atoms with Crippen molar-refractivity contribution < 1.29 is 9.59 Å². The molecule has 1 atom stereocenters. The summed E-state index contributed by atoms with van der Waals surface area (Å²) in [7, 11) is 0. The fraction of sp³-hybridized carbons (Fsp3) is 0.524. The fourth-order valence-corrected chi connectivity index (χ4v) is 3.71. The first-order valence-corrected chi connectivity index (χ1v) is 9.67. The Hall–Kier alpha value is -2.34. The third kappa shape index (κ3) is 5.10. The molecule has 1 aliphatic heterocycles. The van der Waals surface area contributed by atoms with Crippen molar-refractivity contribution in [3.8, 4) is 0 Å². The minimum Gasteiger partial charge on any atom is -0.361 e. The molecule has 3 rings (SSSR count). The number of hydrogen-bond donors (Lipinski definition) is 3. The first-order chi connectivity index (χ1) is 12.8. The number of carbonyl (C=O) groups excluding carboxylic acids is 2. The van der Waals surface area contributed by atoms with Crippen molar-refractivity contribution in [3.63, 3.8) is 0 Å². The van der Waals surface area contributed by atoms with Gasteiger partial charge in [0, 0.05) is 43.3 Å². The molecule has 0 radical (unpaired) electrons. The van der Waals surface area contributed by atoms with Gasteiger partial charge in [0.1, 0.15) is 0 Å². The van der Waals surface area contributed by atoms with E-state index in [1.807, 2.05) is 24.4 Å². The normalized spacial score (nSPS) is 18.5. The average molecular weight is 370 g/mol. The Morgan fingerprint density at radius 2 is 2.07 bits per heavy atom. The average Bonchev–Trinajstić information content (AvgIpc) is 3.00. The van der Waals surface area contributed by atoms with Gasteiger partial charge in [-0.3, -0.25) is 14.5 Å². The number of nitrogens with zero attached hydrogens (tertiary/aromatic N) is 1. The standard InChI is InChI=1S/C21H30N4O2/c1-21(2,3)14-25-11-10-23-20(27)18(25)12-19(26)22-9-8-15-13-24-17-7-5-4-6-16(15)17/h4-7,13,18,24H,8-12,14H2,1-3H3,(H,22,26)(H,23,27). The number of carbonyl (C=O) groups is 2. The number of rotatable bonds is 6. The number of piperazine rings is 1. The van der Waals surface area contributed by atoms with Gasteiger partial charge in [-0.2, -0.15) is 0 Å². The number of amides is 2. The molecule has 27 heavy (non-hydrogen) atoms. The van der Waals surface area contributed by atoms with E-state index >= 15 is 0 Å². The molecule has 146 valence electrons. The van der Waals surface area contributed by atoms with E-state index in [4.69, 9.17) is 0 Å². The van der Waals surface area contributed by atoms with Crippen LogP contribution >= 0.6 is 0 Å². The highest BCUT2D eigenvalue weighted by atomic mass is 16.2. The summed E-state index contributed by atoms with van der Waals surface area (Å²) in [5.41, 5.74) is 2.38. The zero-order valence-electron chi connectivity index (χ0n) is 16.5. The van der Waals surface area contributed by atoms with Gasteiger partial charge in [-0.05, 0) is 23.5 Å². The Balaban J connectivity index is 1.53. The maximum Gasteiger partial charge on any atom is 0.237 e. The van der Waals surface area contributed by atoms with Gasteiger partial charge >= 0.3 is 0 Å². The van der Waals surface area contributed by atoms with Crippen LogP contribution in [0.1, 0.15) is 32.8 Å². The SMILES string of the molecule is CC(C)(C)CN1CCNC(=O)C1CC(=O)NCCc1c[nH]c2ccccc12. The van der Waals surface area contributed by atoms with Crippen LogP contribution in [-0.4, -0.2) is 53.9 Å². The number of hydrogen-bond acceptors (Lipinski definition) is 3. The molecular formula is C21H30N4O2. The van der Waals surface area contributed by atoms with Gasteiger partial charge in [0.2, 0.25) is 11.8 Å². The van der Waals surface area contributed by atoms with E-state index in [9.17, 15) is 9.59 Å². The second kappa shape index (κ2) is 8.13. The summed E-state index contributed by atoms with van der Waals surface area (Å²) < 4.78 is 0. The van der Waals surface area contributed by atoms with Crippen LogP contribution in [0.25, 0.3) is 10.9 Å². The van der Waals surface area contributed by atoms with E-state index in [1.54, 1.807) is 0 Å². The largest absolute Gasteiger partial charge is 0.361 e. The maximum atomic E-state index is 12.4. The van der Waals surface area contributed by atoms with Crippen molar-refractivity contribution in [2.45, 2.75) is 39.7 Å². The molecule has 2 heterocycles. The molecule has 1 saturated heterocycles. The third-order valence-electron chi connectivity index (χ3n) is 4.89. The lowest BCUT2D eigenvalue weighted by molar-refractivity contribution is -0.134. The van der Waals surface area contributed by atoms with E-state index in [0.29, 0.717) is 13.1 Å². The zero-order valence-corrected chi connectivity index (χ0v) is 16.5. The maximum absolute atomic E-state index is 12.4. The first-order valence-electron chi connectivity index (χ1n) is 9.67. The Morgan fingerprint density at radius 1 is 1.30 bits per heavy atom. The van der Waals surface area contributed by atoms with Crippen LogP contribution in [0.15, 0.2) is 30.5 Å². The summed E-state index contributed by atoms with van der Waals surface area (Å²) in [5, 5.41) is 7.05. The monoisotopic (exact) mass is 370 g/mol. The molecule has 0 aliphatic carbocycles. The van der Waals surface area contributed by atoms with Crippen LogP contribution in [0.2, 0.25) is 0 Å². The molecule has 6 heteroatoms. The summed E-state index contributed by atoms with van der Waals surface area (Å²) in [4.78, 5) is 30.1. The fourth-order valence-electron chi connectivity index (χ4n) is 3.71. The van der Waals surface area contributed by atoms with Crippen molar-refractivity contribution in [1.29, 1.82) is 0 Å². The van der Waals surface area contributed by atoms with Gasteiger partial charge in [0.05, 0.1) is 12.5 Å². The predicted molar refractivity (Wildman–Crippen MR) is 107 cm³/mol. The molecule has 1 unspecified atom stereocenters. The number of nitrogens with one attached hydrogen (secondary N) is 3. The molecule has 0 bridgehead atoms. The van der Waals surface area contributed by atoms with E-state index in [1.165, 1.54) is 10.9 Å². The Kier molecular flexibility index (Phi) is 5.85. The van der Waals surface area contributed by atoms with Crippen molar-refractivity contribution in [2.24, 2.45) is 5.41 Å². The summed E-state index contributed by atoms with van der Waals surface area (Å²) in [6.07, 6.45) is 2.96. The van der Waals surface area contributed by atoms with Crippen LogP contribution in [0.5, 0.6) is 0 Å². The summed E-state index contributed by atoms with van der Waals surface area (Å²) in [6, 6.07) is 7.76. The lowest BCUT2D eigenvalue weighted by Gasteiger charge is -2.38. The van der Waals surface area contributed by atoms with Gasteiger partial charge in [0.25, 0.3) is 0 Å². The highest BCUT2D eigenvalue weighted by molar-refractivity contribution is 5.89. The number of H-pyrrole nitrogens is 1. The highest BCUT2D eigenvalue weighted by Crippen LogP contribution is 2.20. The van der Waals surface area contributed by atoms with Crippen LogP contribution in [0, 0.1) is 5.41 Å². The molecule has 1 aliphatic rings. The molecular weight excluding hydrogens is 340 g/mol. The lowest BCUT2D eigenvalue weighted by Crippen LogP contribution is -2.58. The molecule has 2 amide bonds. The molecule has 0 saturated carbocycles. The smallest absolute Gasteiger partial charge is 0.237 e. The molecule has 0 spiro atoms. The van der Waals surface area contributed by atoms with Crippen LogP contribution < -0.4 is 10.6 Å². The Bertz CT molecular complexity index is 806. The van der Waals surface area contributed by atoms with Gasteiger partial charge in [-0.25, -0.2) is 0 Å². The topological polar surface area (TPSA) is 77.2 Å². The van der Waals surface area contributed by atoms with E-state index in [2.05, 4.69) is 47.4 Å². The number of para-hydroxylation sites is 1. The van der Waals surface area contributed by atoms with Gasteiger partial charge in [0.15, 0.2) is 0 Å². The third-order valence-corrected chi connectivity index (χ3v) is 4.89. The molecule has 1 aromatic heterocycles. The lowest BCUT2D eigenvalue weighted by atomic mass is 9.94. The van der Waals surface area contributed by atoms with Crippen molar-refractivity contribution in [1.82, 2.24) is 20.5 Å². The van der Waals surface area contributed by atoms with Gasteiger partial charge < -0.3 is 15.6 Å². The molecule has 6 nitrogen and oxygen atoms in total. The quantitative estimate of drug-likeness (QED) is 0.728.